The van der Waals surface area contributed by atoms with Gasteiger partial charge in [-0.3, -0.25) is 9.59 Å². The van der Waals surface area contributed by atoms with Gasteiger partial charge >= 0.3 is 0 Å². The second-order valence-electron chi connectivity index (χ2n) is 4.48. The lowest BCUT2D eigenvalue weighted by molar-refractivity contribution is -0.145. The van der Waals surface area contributed by atoms with Gasteiger partial charge in [0, 0.05) is 12.1 Å². The van der Waals surface area contributed by atoms with Crippen LogP contribution in [0.5, 0.6) is 0 Å². The predicted octanol–water partition coefficient (Wildman–Crippen LogP) is 0.866. The van der Waals surface area contributed by atoms with Crippen LogP contribution < -0.4 is 5.32 Å². The Morgan fingerprint density at radius 2 is 2.25 bits per heavy atom. The van der Waals surface area contributed by atoms with E-state index in [0.29, 0.717) is 12.5 Å². The molecule has 2 aliphatic rings. The summed E-state index contributed by atoms with van der Waals surface area (Å²) in [7, 11) is 0. The molecule has 1 aliphatic heterocycles. The summed E-state index contributed by atoms with van der Waals surface area (Å²) in [6, 6.07) is -0.284. The molecule has 2 rings (SSSR count). The molecule has 0 spiro atoms. The molecule has 4 nitrogen and oxygen atoms in total. The van der Waals surface area contributed by atoms with Crippen LogP contribution in [0, 0.1) is 5.92 Å². The Morgan fingerprint density at radius 1 is 1.56 bits per heavy atom. The standard InChI is InChI=1S/C11H15ClN2O2/c1-7(4-12)6-14-9(15)5-13-11(16)10(14)8-2-3-8/h4,8,10H,2-3,5-6H2,1H3,(H,13,16). The Kier molecular flexibility index (Phi) is 3.19. The highest BCUT2D eigenvalue weighted by Gasteiger charge is 2.44. The first-order valence-corrected chi connectivity index (χ1v) is 5.90. The second kappa shape index (κ2) is 4.45. The van der Waals surface area contributed by atoms with Crippen LogP contribution in [0.1, 0.15) is 19.8 Å². The molecule has 1 unspecified atom stereocenters. The third-order valence-electron chi connectivity index (χ3n) is 3.01. The first-order valence-electron chi connectivity index (χ1n) is 5.46. The van der Waals surface area contributed by atoms with Gasteiger partial charge in [0.05, 0.1) is 6.54 Å². The van der Waals surface area contributed by atoms with Gasteiger partial charge in [-0.05, 0) is 31.3 Å². The van der Waals surface area contributed by atoms with E-state index in [1.54, 1.807) is 4.90 Å². The molecule has 0 aromatic heterocycles. The van der Waals surface area contributed by atoms with Crippen molar-refractivity contribution in [2.45, 2.75) is 25.8 Å². The quantitative estimate of drug-likeness (QED) is 0.798. The van der Waals surface area contributed by atoms with Crippen molar-refractivity contribution in [2.75, 3.05) is 13.1 Å². The van der Waals surface area contributed by atoms with Gasteiger partial charge in [-0.2, -0.15) is 0 Å². The van der Waals surface area contributed by atoms with Crippen LogP contribution in [0.15, 0.2) is 11.1 Å². The first-order chi connectivity index (χ1) is 7.63. The maximum absolute atomic E-state index is 11.8. The number of halogens is 1. The highest BCUT2D eigenvalue weighted by atomic mass is 35.5. The zero-order chi connectivity index (χ0) is 11.7. The molecule has 1 aliphatic carbocycles. The summed E-state index contributed by atoms with van der Waals surface area (Å²) in [6.07, 6.45) is 2.07. The van der Waals surface area contributed by atoms with Crippen molar-refractivity contribution in [3.05, 3.63) is 11.1 Å². The number of hydrogen-bond donors (Lipinski definition) is 1. The molecule has 2 fully saturated rings. The summed E-state index contributed by atoms with van der Waals surface area (Å²) < 4.78 is 0. The highest BCUT2D eigenvalue weighted by molar-refractivity contribution is 6.25. The lowest BCUT2D eigenvalue weighted by Crippen LogP contribution is -2.59. The van der Waals surface area contributed by atoms with E-state index in [1.165, 1.54) is 5.54 Å². The minimum absolute atomic E-state index is 0.0191. The van der Waals surface area contributed by atoms with E-state index >= 15 is 0 Å². The largest absolute Gasteiger partial charge is 0.345 e. The van der Waals surface area contributed by atoms with Crippen molar-refractivity contribution >= 4 is 23.4 Å². The molecule has 1 heterocycles. The lowest BCUT2D eigenvalue weighted by Gasteiger charge is -2.35. The highest BCUT2D eigenvalue weighted by Crippen LogP contribution is 2.36. The molecule has 0 bridgehead atoms. The van der Waals surface area contributed by atoms with Crippen molar-refractivity contribution in [3.63, 3.8) is 0 Å². The molecule has 5 heteroatoms. The van der Waals surface area contributed by atoms with Gasteiger partial charge in [-0.1, -0.05) is 11.6 Å². The summed E-state index contributed by atoms with van der Waals surface area (Å²) in [4.78, 5) is 25.2. The van der Waals surface area contributed by atoms with E-state index < -0.39 is 0 Å². The van der Waals surface area contributed by atoms with Gasteiger partial charge in [0.25, 0.3) is 0 Å². The summed E-state index contributed by atoms with van der Waals surface area (Å²) in [5, 5.41) is 2.64. The Morgan fingerprint density at radius 3 is 2.81 bits per heavy atom. The molecule has 1 saturated heterocycles. The molecule has 1 saturated carbocycles. The first kappa shape index (κ1) is 11.5. The number of nitrogens with one attached hydrogen (secondary N) is 1. The average molecular weight is 243 g/mol. The molecule has 1 N–H and O–H groups in total. The minimum Gasteiger partial charge on any atom is -0.345 e. The van der Waals surface area contributed by atoms with Crippen molar-refractivity contribution in [3.8, 4) is 0 Å². The van der Waals surface area contributed by atoms with E-state index in [2.05, 4.69) is 5.32 Å². The molecular formula is C11H15ClN2O2. The molecule has 2 amide bonds. The van der Waals surface area contributed by atoms with E-state index in [-0.39, 0.29) is 24.4 Å². The van der Waals surface area contributed by atoms with Crippen molar-refractivity contribution < 1.29 is 9.59 Å². The van der Waals surface area contributed by atoms with Crippen LogP contribution in [0.25, 0.3) is 0 Å². The van der Waals surface area contributed by atoms with Crippen LogP contribution in [0.3, 0.4) is 0 Å². The van der Waals surface area contributed by atoms with Crippen LogP contribution in [-0.2, 0) is 9.59 Å². The molecule has 16 heavy (non-hydrogen) atoms. The summed E-state index contributed by atoms with van der Waals surface area (Å²) in [5.74, 6) is 0.297. The maximum Gasteiger partial charge on any atom is 0.243 e. The topological polar surface area (TPSA) is 49.4 Å². The predicted molar refractivity (Wildman–Crippen MR) is 60.8 cm³/mol. The molecule has 0 radical (unpaired) electrons. The smallest absolute Gasteiger partial charge is 0.243 e. The van der Waals surface area contributed by atoms with Crippen LogP contribution in [-0.4, -0.2) is 35.8 Å². The van der Waals surface area contributed by atoms with E-state index in [0.717, 1.165) is 18.4 Å². The summed E-state index contributed by atoms with van der Waals surface area (Å²) in [6.45, 7) is 2.42. The van der Waals surface area contributed by atoms with Crippen LogP contribution in [0.2, 0.25) is 0 Å². The zero-order valence-electron chi connectivity index (χ0n) is 9.20. The van der Waals surface area contributed by atoms with Gasteiger partial charge < -0.3 is 10.2 Å². The normalized spacial score (nSPS) is 27.0. The van der Waals surface area contributed by atoms with E-state index in [4.69, 9.17) is 11.6 Å². The second-order valence-corrected chi connectivity index (χ2v) is 4.70. The fraction of sp³-hybridized carbons (Fsp3) is 0.636. The van der Waals surface area contributed by atoms with Gasteiger partial charge in [-0.15, -0.1) is 0 Å². The summed E-state index contributed by atoms with van der Waals surface area (Å²) in [5.41, 5.74) is 2.36. The zero-order valence-corrected chi connectivity index (χ0v) is 9.96. The Balaban J connectivity index is 2.14. The number of nitrogens with zero attached hydrogens (tertiary/aromatic N) is 1. The average Bonchev–Trinajstić information content (AvgIpc) is 3.07. The number of carbonyl (C=O) groups is 2. The monoisotopic (exact) mass is 242 g/mol. The molecule has 0 aromatic carbocycles. The number of rotatable bonds is 3. The van der Waals surface area contributed by atoms with Gasteiger partial charge in [0.1, 0.15) is 6.04 Å². The van der Waals surface area contributed by atoms with Gasteiger partial charge in [0.15, 0.2) is 0 Å². The molecular weight excluding hydrogens is 228 g/mol. The van der Waals surface area contributed by atoms with Crippen molar-refractivity contribution in [1.29, 1.82) is 0 Å². The van der Waals surface area contributed by atoms with Crippen LogP contribution in [0.4, 0.5) is 0 Å². The Labute approximate surface area is 99.6 Å². The lowest BCUT2D eigenvalue weighted by atomic mass is 10.1. The number of hydrogen-bond acceptors (Lipinski definition) is 2. The summed E-state index contributed by atoms with van der Waals surface area (Å²) >= 11 is 5.60. The Bertz CT molecular complexity index is 350. The SMILES string of the molecule is CC(=CCl)CN1C(=O)CNC(=O)C1C1CC1. The minimum atomic E-state index is -0.284. The van der Waals surface area contributed by atoms with Crippen molar-refractivity contribution in [2.24, 2.45) is 5.92 Å². The fourth-order valence-corrected chi connectivity index (χ4v) is 2.10. The third-order valence-corrected chi connectivity index (χ3v) is 3.39. The van der Waals surface area contributed by atoms with Crippen LogP contribution >= 0.6 is 11.6 Å². The Hall–Kier alpha value is -1.03. The van der Waals surface area contributed by atoms with E-state index in [1.807, 2.05) is 6.92 Å². The van der Waals surface area contributed by atoms with Gasteiger partial charge in [0.2, 0.25) is 11.8 Å². The maximum atomic E-state index is 11.8. The van der Waals surface area contributed by atoms with Gasteiger partial charge in [-0.25, -0.2) is 0 Å². The van der Waals surface area contributed by atoms with Crippen molar-refractivity contribution in [1.82, 2.24) is 10.2 Å². The van der Waals surface area contributed by atoms with E-state index in [9.17, 15) is 9.59 Å². The third kappa shape index (κ3) is 2.21. The molecule has 0 aromatic rings. The molecule has 88 valence electrons. The number of carbonyl (C=O) groups excluding carboxylic acids is 2. The fourth-order valence-electron chi connectivity index (χ4n) is 2.04. The number of piperazine rings is 1. The molecule has 1 atom stereocenters. The number of amides is 2.